The molecule has 0 aromatic carbocycles. The standard InChI is InChI=1S/C21H35N5O11/c1-9(2)16(22)20(35)25-12(5-7-15(30)31)19(34)24-11(4-6-14(28)29)18(33)23-10(3)17(32)26-13(8-27)21(36)37/h9-13,16,27H,4-8,22H2,1-3H3,(H,23,33)(H,24,34)(H,25,35)(H,26,32)(H,28,29)(H,30,31)(H,36,37)/t10-,11-,12-,13-,16-/m0/s1. The molecule has 0 aromatic heterocycles. The second kappa shape index (κ2) is 16.1. The Labute approximate surface area is 212 Å². The van der Waals surface area contributed by atoms with Crippen LogP contribution in [0.2, 0.25) is 0 Å². The Morgan fingerprint density at radius 1 is 0.649 bits per heavy atom. The van der Waals surface area contributed by atoms with Gasteiger partial charge in [0.1, 0.15) is 24.2 Å². The first kappa shape index (κ1) is 33.2. The number of carboxylic acid groups (broad SMARTS) is 3. The number of hydrogen-bond acceptors (Lipinski definition) is 9. The van der Waals surface area contributed by atoms with E-state index in [-0.39, 0.29) is 12.3 Å². The highest BCUT2D eigenvalue weighted by atomic mass is 16.4. The van der Waals surface area contributed by atoms with Gasteiger partial charge >= 0.3 is 17.9 Å². The van der Waals surface area contributed by atoms with Crippen LogP contribution in [-0.2, 0) is 33.6 Å². The third kappa shape index (κ3) is 12.6. The van der Waals surface area contributed by atoms with Crippen LogP contribution in [0.15, 0.2) is 0 Å². The van der Waals surface area contributed by atoms with Crippen LogP contribution in [0.3, 0.4) is 0 Å². The molecule has 16 nitrogen and oxygen atoms in total. The highest BCUT2D eigenvalue weighted by Gasteiger charge is 2.31. The van der Waals surface area contributed by atoms with Crippen molar-refractivity contribution < 1.29 is 54.0 Å². The minimum Gasteiger partial charge on any atom is -0.481 e. The average Bonchev–Trinajstić information content (AvgIpc) is 2.80. The smallest absolute Gasteiger partial charge is 0.328 e. The van der Waals surface area contributed by atoms with Crippen LogP contribution in [-0.4, -0.2) is 98.8 Å². The largest absolute Gasteiger partial charge is 0.481 e. The summed E-state index contributed by atoms with van der Waals surface area (Å²) >= 11 is 0. The molecular formula is C21H35N5O11. The van der Waals surface area contributed by atoms with Gasteiger partial charge < -0.3 is 47.4 Å². The number of aliphatic hydroxyl groups excluding tert-OH is 1. The summed E-state index contributed by atoms with van der Waals surface area (Å²) in [4.78, 5) is 83.1. The van der Waals surface area contributed by atoms with E-state index < -0.39 is 97.6 Å². The van der Waals surface area contributed by atoms with Crippen LogP contribution in [0, 0.1) is 5.92 Å². The third-order valence-electron chi connectivity index (χ3n) is 5.13. The number of aliphatic hydroxyl groups is 1. The molecule has 5 atom stereocenters. The van der Waals surface area contributed by atoms with E-state index >= 15 is 0 Å². The number of nitrogens with one attached hydrogen (secondary N) is 4. The summed E-state index contributed by atoms with van der Waals surface area (Å²) in [6.07, 6.45) is -1.88. The third-order valence-corrected chi connectivity index (χ3v) is 5.13. The van der Waals surface area contributed by atoms with Gasteiger partial charge in [-0.05, 0) is 25.7 Å². The zero-order chi connectivity index (χ0) is 28.9. The summed E-state index contributed by atoms with van der Waals surface area (Å²) in [6, 6.07) is -6.94. The zero-order valence-electron chi connectivity index (χ0n) is 20.7. The lowest BCUT2D eigenvalue weighted by Crippen LogP contribution is -2.58. The van der Waals surface area contributed by atoms with Crippen molar-refractivity contribution in [1.29, 1.82) is 0 Å². The number of aliphatic carboxylic acids is 3. The van der Waals surface area contributed by atoms with Crippen molar-refractivity contribution in [1.82, 2.24) is 21.3 Å². The van der Waals surface area contributed by atoms with Crippen molar-refractivity contribution in [3.05, 3.63) is 0 Å². The normalized spacial score (nSPS) is 14.9. The minimum atomic E-state index is -1.63. The molecule has 0 aliphatic carbocycles. The monoisotopic (exact) mass is 533 g/mol. The molecule has 0 saturated heterocycles. The number of carbonyl (C=O) groups excluding carboxylic acids is 4. The first-order chi connectivity index (χ1) is 17.1. The van der Waals surface area contributed by atoms with Gasteiger partial charge in [-0.2, -0.15) is 0 Å². The predicted molar refractivity (Wildman–Crippen MR) is 125 cm³/mol. The molecule has 210 valence electrons. The van der Waals surface area contributed by atoms with E-state index in [9.17, 15) is 33.6 Å². The Morgan fingerprint density at radius 2 is 1.05 bits per heavy atom. The van der Waals surface area contributed by atoms with Gasteiger partial charge in [0, 0.05) is 12.8 Å². The van der Waals surface area contributed by atoms with Gasteiger partial charge in [-0.15, -0.1) is 0 Å². The maximum Gasteiger partial charge on any atom is 0.328 e. The van der Waals surface area contributed by atoms with Crippen LogP contribution in [0.1, 0.15) is 46.5 Å². The fourth-order valence-corrected chi connectivity index (χ4v) is 2.78. The van der Waals surface area contributed by atoms with Gasteiger partial charge in [-0.3, -0.25) is 28.8 Å². The summed E-state index contributed by atoms with van der Waals surface area (Å²) in [5, 5.41) is 44.7. The summed E-state index contributed by atoms with van der Waals surface area (Å²) < 4.78 is 0. The van der Waals surface area contributed by atoms with Crippen molar-refractivity contribution >= 4 is 41.5 Å². The van der Waals surface area contributed by atoms with E-state index in [2.05, 4.69) is 16.0 Å². The molecule has 4 amide bonds. The first-order valence-electron chi connectivity index (χ1n) is 11.3. The van der Waals surface area contributed by atoms with Gasteiger partial charge in [0.2, 0.25) is 23.6 Å². The quantitative estimate of drug-likeness (QED) is 0.0891. The molecule has 0 aromatic rings. The number of nitrogens with two attached hydrogens (primary N) is 1. The molecular weight excluding hydrogens is 498 g/mol. The molecule has 0 saturated carbocycles. The van der Waals surface area contributed by atoms with Crippen molar-refractivity contribution in [2.75, 3.05) is 6.61 Å². The van der Waals surface area contributed by atoms with E-state index in [0.717, 1.165) is 0 Å². The first-order valence-corrected chi connectivity index (χ1v) is 11.3. The molecule has 0 aliphatic rings. The number of amides is 4. The molecule has 37 heavy (non-hydrogen) atoms. The van der Waals surface area contributed by atoms with Gasteiger partial charge in [-0.25, -0.2) is 4.79 Å². The molecule has 0 unspecified atom stereocenters. The lowest BCUT2D eigenvalue weighted by Gasteiger charge is -2.25. The molecule has 0 heterocycles. The van der Waals surface area contributed by atoms with E-state index in [1.54, 1.807) is 13.8 Å². The van der Waals surface area contributed by atoms with E-state index in [1.165, 1.54) is 6.92 Å². The maximum absolute atomic E-state index is 12.9. The molecule has 0 aliphatic heterocycles. The lowest BCUT2D eigenvalue weighted by molar-refractivity contribution is -0.143. The predicted octanol–water partition coefficient (Wildman–Crippen LogP) is -3.26. The fourth-order valence-electron chi connectivity index (χ4n) is 2.78. The van der Waals surface area contributed by atoms with Gasteiger partial charge in [0.15, 0.2) is 0 Å². The van der Waals surface area contributed by atoms with Crippen LogP contribution >= 0.6 is 0 Å². The van der Waals surface area contributed by atoms with Crippen molar-refractivity contribution in [3.8, 4) is 0 Å². The number of hydrogen-bond donors (Lipinski definition) is 9. The Hall–Kier alpha value is -3.79. The van der Waals surface area contributed by atoms with E-state index in [1.807, 2.05) is 5.32 Å². The molecule has 10 N–H and O–H groups in total. The van der Waals surface area contributed by atoms with Crippen molar-refractivity contribution in [2.24, 2.45) is 11.7 Å². The van der Waals surface area contributed by atoms with Gasteiger partial charge in [0.25, 0.3) is 0 Å². The zero-order valence-corrected chi connectivity index (χ0v) is 20.7. The Bertz CT molecular complexity index is 864. The van der Waals surface area contributed by atoms with E-state index in [0.29, 0.717) is 0 Å². The molecule has 16 heteroatoms. The summed E-state index contributed by atoms with van der Waals surface area (Å²) in [6.45, 7) is 3.57. The molecule has 0 rings (SSSR count). The van der Waals surface area contributed by atoms with Crippen LogP contribution < -0.4 is 27.0 Å². The van der Waals surface area contributed by atoms with Crippen LogP contribution in [0.4, 0.5) is 0 Å². The van der Waals surface area contributed by atoms with Gasteiger partial charge in [-0.1, -0.05) is 13.8 Å². The maximum atomic E-state index is 12.9. The number of carboxylic acids is 3. The van der Waals surface area contributed by atoms with Crippen molar-refractivity contribution in [2.45, 2.75) is 76.7 Å². The average molecular weight is 534 g/mol. The summed E-state index contributed by atoms with van der Waals surface area (Å²) in [7, 11) is 0. The Kier molecular flexibility index (Phi) is 14.4. The van der Waals surface area contributed by atoms with E-state index in [4.69, 9.17) is 26.2 Å². The van der Waals surface area contributed by atoms with Crippen molar-refractivity contribution in [3.63, 3.8) is 0 Å². The number of carbonyl (C=O) groups is 7. The SMILES string of the molecule is CC(C)[C@H](N)C(=O)N[C@@H](CCC(=O)O)C(=O)N[C@@H](CCC(=O)O)C(=O)N[C@@H](C)C(=O)N[C@@H](CO)C(=O)O. The second-order valence-electron chi connectivity index (χ2n) is 8.57. The highest BCUT2D eigenvalue weighted by Crippen LogP contribution is 2.06. The Balaban J connectivity index is 5.60. The topological polar surface area (TPSA) is 275 Å². The lowest BCUT2D eigenvalue weighted by atomic mass is 10.0. The fraction of sp³-hybridized carbons (Fsp3) is 0.667. The second-order valence-corrected chi connectivity index (χ2v) is 8.57. The molecule has 0 bridgehead atoms. The summed E-state index contributed by atoms with van der Waals surface area (Å²) in [5.74, 6) is -8.10. The Morgan fingerprint density at radius 3 is 1.43 bits per heavy atom. The van der Waals surface area contributed by atoms with Crippen LogP contribution in [0.5, 0.6) is 0 Å². The van der Waals surface area contributed by atoms with Gasteiger partial charge in [0.05, 0.1) is 12.6 Å². The highest BCUT2D eigenvalue weighted by molar-refractivity contribution is 5.95. The molecule has 0 fully saturated rings. The molecule has 0 radical (unpaired) electrons. The number of rotatable bonds is 17. The minimum absolute atomic E-state index is 0.309. The molecule has 0 spiro atoms. The summed E-state index contributed by atoms with van der Waals surface area (Å²) in [5.41, 5.74) is 5.76. The van der Waals surface area contributed by atoms with Crippen LogP contribution in [0.25, 0.3) is 0 Å².